The zero-order valence-corrected chi connectivity index (χ0v) is 13.4. The Hall–Kier alpha value is -0.570. The van der Waals surface area contributed by atoms with Crippen molar-refractivity contribution in [3.63, 3.8) is 0 Å². The normalized spacial score (nSPS) is 21.9. The van der Waals surface area contributed by atoms with Gasteiger partial charge in [-0.2, -0.15) is 0 Å². The van der Waals surface area contributed by atoms with Crippen molar-refractivity contribution >= 4 is 5.91 Å². The largest absolute Gasteiger partial charge is 0.355 e. The maximum atomic E-state index is 11.9. The SMILES string of the molecule is CC(CNC(=O)CCCC1CCCCC1)N(C)C1CC1. The van der Waals surface area contributed by atoms with Gasteiger partial charge in [0.15, 0.2) is 0 Å². The van der Waals surface area contributed by atoms with Crippen LogP contribution >= 0.6 is 0 Å². The Morgan fingerprint density at radius 1 is 1.20 bits per heavy atom. The molecule has 2 rings (SSSR count). The van der Waals surface area contributed by atoms with Gasteiger partial charge in [-0.1, -0.05) is 32.1 Å². The molecule has 3 heteroatoms. The standard InChI is InChI=1S/C17H32N2O/c1-14(19(2)16-11-12-16)13-18-17(20)10-6-9-15-7-4-3-5-8-15/h14-16H,3-13H2,1-2H3,(H,18,20). The molecule has 0 aliphatic heterocycles. The molecule has 0 radical (unpaired) electrons. The maximum Gasteiger partial charge on any atom is 0.220 e. The molecule has 0 aromatic rings. The van der Waals surface area contributed by atoms with Crippen molar-refractivity contribution in [3.8, 4) is 0 Å². The van der Waals surface area contributed by atoms with Crippen molar-refractivity contribution in [1.82, 2.24) is 10.2 Å². The number of hydrogen-bond donors (Lipinski definition) is 1. The van der Waals surface area contributed by atoms with Gasteiger partial charge < -0.3 is 5.32 Å². The molecule has 2 aliphatic rings. The van der Waals surface area contributed by atoms with E-state index in [1.54, 1.807) is 0 Å². The number of carbonyl (C=O) groups is 1. The molecule has 0 bridgehead atoms. The molecular weight excluding hydrogens is 248 g/mol. The molecule has 0 aromatic heterocycles. The summed E-state index contributed by atoms with van der Waals surface area (Å²) in [5, 5.41) is 3.10. The van der Waals surface area contributed by atoms with Crippen LogP contribution in [0.3, 0.4) is 0 Å². The molecule has 3 nitrogen and oxygen atoms in total. The van der Waals surface area contributed by atoms with Gasteiger partial charge in [-0.15, -0.1) is 0 Å². The van der Waals surface area contributed by atoms with Crippen LogP contribution in [-0.4, -0.2) is 36.5 Å². The molecule has 0 saturated heterocycles. The van der Waals surface area contributed by atoms with Crippen LogP contribution < -0.4 is 5.32 Å². The number of amides is 1. The Balaban J connectivity index is 1.51. The van der Waals surface area contributed by atoms with Gasteiger partial charge in [0.05, 0.1) is 0 Å². The highest BCUT2D eigenvalue weighted by Gasteiger charge is 2.29. The minimum Gasteiger partial charge on any atom is -0.355 e. The van der Waals surface area contributed by atoms with E-state index in [0.717, 1.165) is 31.3 Å². The van der Waals surface area contributed by atoms with Crippen molar-refractivity contribution in [2.24, 2.45) is 5.92 Å². The molecular formula is C17H32N2O. The molecule has 2 fully saturated rings. The summed E-state index contributed by atoms with van der Waals surface area (Å²) < 4.78 is 0. The highest BCUT2D eigenvalue weighted by molar-refractivity contribution is 5.75. The Morgan fingerprint density at radius 2 is 1.90 bits per heavy atom. The molecule has 0 aromatic carbocycles. The average molecular weight is 280 g/mol. The van der Waals surface area contributed by atoms with Crippen LogP contribution in [0.1, 0.15) is 71.1 Å². The van der Waals surface area contributed by atoms with Crippen molar-refractivity contribution in [3.05, 3.63) is 0 Å². The van der Waals surface area contributed by atoms with Gasteiger partial charge in [-0.05, 0) is 45.6 Å². The molecule has 2 aliphatic carbocycles. The molecule has 1 unspecified atom stereocenters. The van der Waals surface area contributed by atoms with Crippen molar-refractivity contribution in [2.45, 2.75) is 83.2 Å². The fourth-order valence-electron chi connectivity index (χ4n) is 3.36. The lowest BCUT2D eigenvalue weighted by molar-refractivity contribution is -0.121. The third kappa shape index (κ3) is 5.43. The monoisotopic (exact) mass is 280 g/mol. The molecule has 20 heavy (non-hydrogen) atoms. The van der Waals surface area contributed by atoms with Crippen LogP contribution in [0.4, 0.5) is 0 Å². The van der Waals surface area contributed by atoms with Gasteiger partial charge in [-0.25, -0.2) is 0 Å². The summed E-state index contributed by atoms with van der Waals surface area (Å²) >= 11 is 0. The molecule has 1 atom stereocenters. The minimum absolute atomic E-state index is 0.247. The number of carbonyl (C=O) groups excluding carboxylic acids is 1. The number of likely N-dealkylation sites (N-methyl/N-ethyl adjacent to an activating group) is 1. The molecule has 1 amide bonds. The third-order valence-electron chi connectivity index (χ3n) is 5.15. The number of nitrogens with one attached hydrogen (secondary N) is 1. The van der Waals surface area contributed by atoms with Gasteiger partial charge >= 0.3 is 0 Å². The van der Waals surface area contributed by atoms with E-state index in [1.807, 2.05) is 0 Å². The summed E-state index contributed by atoms with van der Waals surface area (Å²) in [7, 11) is 2.18. The van der Waals surface area contributed by atoms with Gasteiger partial charge in [0.25, 0.3) is 0 Å². The summed E-state index contributed by atoms with van der Waals surface area (Å²) in [5.74, 6) is 1.15. The third-order valence-corrected chi connectivity index (χ3v) is 5.15. The lowest BCUT2D eigenvalue weighted by atomic mass is 9.86. The first-order chi connectivity index (χ1) is 9.66. The second-order valence-electron chi connectivity index (χ2n) is 6.95. The zero-order chi connectivity index (χ0) is 14.4. The summed E-state index contributed by atoms with van der Waals surface area (Å²) in [5.41, 5.74) is 0. The number of rotatable bonds is 8. The highest BCUT2D eigenvalue weighted by Crippen LogP contribution is 2.28. The summed E-state index contributed by atoms with van der Waals surface area (Å²) in [6, 6.07) is 1.23. The molecule has 2 saturated carbocycles. The van der Waals surface area contributed by atoms with Gasteiger partial charge in [0, 0.05) is 25.0 Å². The number of hydrogen-bond acceptors (Lipinski definition) is 2. The van der Waals surface area contributed by atoms with Crippen LogP contribution in [0.5, 0.6) is 0 Å². The van der Waals surface area contributed by atoms with Crippen molar-refractivity contribution in [2.75, 3.05) is 13.6 Å². The van der Waals surface area contributed by atoms with E-state index < -0.39 is 0 Å². The predicted octanol–water partition coefficient (Wildman–Crippen LogP) is 3.34. The summed E-state index contributed by atoms with van der Waals surface area (Å²) in [6.45, 7) is 3.01. The predicted molar refractivity (Wildman–Crippen MR) is 83.7 cm³/mol. The van der Waals surface area contributed by atoms with E-state index in [1.165, 1.54) is 51.4 Å². The van der Waals surface area contributed by atoms with E-state index in [9.17, 15) is 4.79 Å². The highest BCUT2D eigenvalue weighted by atomic mass is 16.1. The molecule has 0 spiro atoms. The van der Waals surface area contributed by atoms with Crippen LogP contribution in [0.2, 0.25) is 0 Å². The van der Waals surface area contributed by atoms with Gasteiger partial charge in [0.1, 0.15) is 0 Å². The summed E-state index contributed by atoms with van der Waals surface area (Å²) in [4.78, 5) is 14.3. The summed E-state index contributed by atoms with van der Waals surface area (Å²) in [6.07, 6.45) is 12.7. The van der Waals surface area contributed by atoms with Crippen molar-refractivity contribution in [1.29, 1.82) is 0 Å². The van der Waals surface area contributed by atoms with E-state index in [4.69, 9.17) is 0 Å². The Bertz CT molecular complexity index is 295. The lowest BCUT2D eigenvalue weighted by Crippen LogP contribution is -2.41. The second-order valence-corrected chi connectivity index (χ2v) is 6.95. The molecule has 1 N–H and O–H groups in total. The van der Waals surface area contributed by atoms with Gasteiger partial charge in [-0.3, -0.25) is 9.69 Å². The topological polar surface area (TPSA) is 32.3 Å². The second kappa shape index (κ2) is 8.02. The average Bonchev–Trinajstić information content (AvgIpc) is 3.29. The quantitative estimate of drug-likeness (QED) is 0.739. The first kappa shape index (κ1) is 15.8. The number of nitrogens with zero attached hydrogens (tertiary/aromatic N) is 1. The molecule has 0 heterocycles. The fraction of sp³-hybridized carbons (Fsp3) is 0.941. The van der Waals surface area contributed by atoms with Crippen LogP contribution in [0, 0.1) is 5.92 Å². The lowest BCUT2D eigenvalue weighted by Gasteiger charge is -2.24. The minimum atomic E-state index is 0.247. The smallest absolute Gasteiger partial charge is 0.220 e. The molecule has 116 valence electrons. The van der Waals surface area contributed by atoms with E-state index >= 15 is 0 Å². The fourth-order valence-corrected chi connectivity index (χ4v) is 3.36. The van der Waals surface area contributed by atoms with Gasteiger partial charge in [0.2, 0.25) is 5.91 Å². The van der Waals surface area contributed by atoms with Crippen LogP contribution in [0.25, 0.3) is 0 Å². The Morgan fingerprint density at radius 3 is 2.55 bits per heavy atom. The maximum absolute atomic E-state index is 11.9. The van der Waals surface area contributed by atoms with E-state index in [2.05, 4.69) is 24.2 Å². The van der Waals surface area contributed by atoms with Crippen LogP contribution in [0.15, 0.2) is 0 Å². The van der Waals surface area contributed by atoms with E-state index in [-0.39, 0.29) is 5.91 Å². The first-order valence-corrected chi connectivity index (χ1v) is 8.65. The Labute approximate surface area is 124 Å². The zero-order valence-electron chi connectivity index (χ0n) is 13.4. The Kier molecular flexibility index (Phi) is 6.34. The first-order valence-electron chi connectivity index (χ1n) is 8.65. The van der Waals surface area contributed by atoms with E-state index in [0.29, 0.717) is 6.04 Å². The van der Waals surface area contributed by atoms with Crippen molar-refractivity contribution < 1.29 is 4.79 Å². The van der Waals surface area contributed by atoms with Crippen LogP contribution in [-0.2, 0) is 4.79 Å².